The van der Waals surface area contributed by atoms with Crippen molar-refractivity contribution in [2.75, 3.05) is 27.0 Å². The molecule has 0 spiro atoms. The smallest absolute Gasteiger partial charge is 0.327 e. The number of likely N-dealkylation sites (N-methyl/N-ethyl adjacent to an activating group) is 1. The van der Waals surface area contributed by atoms with Crippen LogP contribution in [0.15, 0.2) is 29.2 Å². The lowest BCUT2D eigenvalue weighted by Crippen LogP contribution is -2.55. The third-order valence-electron chi connectivity index (χ3n) is 3.79. The summed E-state index contributed by atoms with van der Waals surface area (Å²) in [4.78, 5) is 13.2. The second kappa shape index (κ2) is 6.50. The molecule has 1 aliphatic carbocycles. The van der Waals surface area contributed by atoms with Gasteiger partial charge in [-0.05, 0) is 37.9 Å². The third-order valence-corrected chi connectivity index (χ3v) is 5.04. The number of esters is 1. The van der Waals surface area contributed by atoms with Gasteiger partial charge in [0, 0.05) is 10.6 Å². The van der Waals surface area contributed by atoms with Gasteiger partial charge >= 0.3 is 5.97 Å². The summed E-state index contributed by atoms with van der Waals surface area (Å²) < 4.78 is 10.4. The van der Waals surface area contributed by atoms with E-state index in [2.05, 4.69) is 5.32 Å². The van der Waals surface area contributed by atoms with Crippen LogP contribution in [-0.2, 0) is 9.53 Å². The molecule has 0 bridgehead atoms. The normalized spacial score (nSPS) is 17.4. The van der Waals surface area contributed by atoms with Crippen LogP contribution in [0.4, 0.5) is 0 Å². The molecule has 110 valence electrons. The van der Waals surface area contributed by atoms with Crippen molar-refractivity contribution in [2.45, 2.75) is 23.3 Å². The van der Waals surface area contributed by atoms with Gasteiger partial charge in [0.2, 0.25) is 0 Å². The summed E-state index contributed by atoms with van der Waals surface area (Å²) in [5.41, 5.74) is -0.597. The fraction of sp³-hybridized carbons (Fsp3) is 0.533. The molecule has 2 rings (SSSR count). The van der Waals surface area contributed by atoms with Gasteiger partial charge in [-0.15, -0.1) is 11.8 Å². The fourth-order valence-electron chi connectivity index (χ4n) is 2.41. The Morgan fingerprint density at radius 3 is 2.65 bits per heavy atom. The maximum atomic E-state index is 12.2. The highest BCUT2D eigenvalue weighted by Crippen LogP contribution is 2.43. The van der Waals surface area contributed by atoms with Gasteiger partial charge < -0.3 is 14.8 Å². The number of rotatable bonds is 7. The summed E-state index contributed by atoms with van der Waals surface area (Å²) in [7, 11) is 4.94. The zero-order valence-electron chi connectivity index (χ0n) is 12.1. The average Bonchev–Trinajstić information content (AvgIpc) is 3.33. The topological polar surface area (TPSA) is 47.6 Å². The van der Waals surface area contributed by atoms with Gasteiger partial charge in [0.15, 0.2) is 0 Å². The minimum absolute atomic E-state index is 0.176. The largest absolute Gasteiger partial charge is 0.496 e. The summed E-state index contributed by atoms with van der Waals surface area (Å²) in [6, 6.07) is 7.85. The Morgan fingerprint density at radius 1 is 1.40 bits per heavy atom. The van der Waals surface area contributed by atoms with E-state index in [4.69, 9.17) is 9.47 Å². The molecule has 1 atom stereocenters. The number of thioether (sulfide) groups is 1. The Balaban J connectivity index is 2.14. The number of benzene rings is 1. The van der Waals surface area contributed by atoms with Crippen LogP contribution in [0.5, 0.6) is 5.75 Å². The first-order valence-electron chi connectivity index (χ1n) is 6.71. The van der Waals surface area contributed by atoms with Gasteiger partial charge in [0.25, 0.3) is 0 Å². The van der Waals surface area contributed by atoms with Gasteiger partial charge in [0.05, 0.1) is 14.2 Å². The van der Waals surface area contributed by atoms with Crippen LogP contribution in [0.1, 0.15) is 12.8 Å². The quantitative estimate of drug-likeness (QED) is 0.618. The first-order chi connectivity index (χ1) is 9.67. The Labute approximate surface area is 124 Å². The van der Waals surface area contributed by atoms with E-state index in [-0.39, 0.29) is 5.97 Å². The summed E-state index contributed by atoms with van der Waals surface area (Å²) in [6.07, 6.45) is 2.14. The second-order valence-electron chi connectivity index (χ2n) is 4.93. The summed E-state index contributed by atoms with van der Waals surface area (Å²) in [5, 5.41) is 3.20. The molecule has 0 saturated heterocycles. The van der Waals surface area contributed by atoms with Gasteiger partial charge in [-0.1, -0.05) is 12.1 Å². The van der Waals surface area contributed by atoms with Crippen LogP contribution < -0.4 is 10.1 Å². The molecule has 1 unspecified atom stereocenters. The van der Waals surface area contributed by atoms with Crippen molar-refractivity contribution in [3.05, 3.63) is 24.3 Å². The van der Waals surface area contributed by atoms with Crippen molar-refractivity contribution < 1.29 is 14.3 Å². The molecule has 1 N–H and O–H groups in total. The van der Waals surface area contributed by atoms with Crippen LogP contribution in [0, 0.1) is 5.92 Å². The van der Waals surface area contributed by atoms with Gasteiger partial charge in [0.1, 0.15) is 11.3 Å². The van der Waals surface area contributed by atoms with Crippen LogP contribution in [0.3, 0.4) is 0 Å². The summed E-state index contributed by atoms with van der Waals surface area (Å²) in [6.45, 7) is 0. The molecular formula is C15H21NO3S. The monoisotopic (exact) mass is 295 g/mol. The number of hydrogen-bond donors (Lipinski definition) is 1. The molecule has 1 aromatic carbocycles. The Kier molecular flexibility index (Phi) is 4.94. The van der Waals surface area contributed by atoms with Crippen LogP contribution >= 0.6 is 11.8 Å². The van der Waals surface area contributed by atoms with Crippen molar-refractivity contribution >= 4 is 17.7 Å². The predicted molar refractivity (Wildman–Crippen MR) is 80.2 cm³/mol. The Hall–Kier alpha value is -1.20. The molecular weight excluding hydrogens is 274 g/mol. The number of nitrogens with one attached hydrogen (secondary N) is 1. The number of ether oxygens (including phenoxy) is 2. The fourth-order valence-corrected chi connectivity index (χ4v) is 3.76. The molecule has 1 fully saturated rings. The lowest BCUT2D eigenvalue weighted by atomic mass is 9.96. The number of carbonyl (C=O) groups is 1. The summed E-state index contributed by atoms with van der Waals surface area (Å²) in [5.74, 6) is 1.66. The summed E-state index contributed by atoms with van der Waals surface area (Å²) >= 11 is 1.63. The van der Waals surface area contributed by atoms with E-state index < -0.39 is 5.54 Å². The predicted octanol–water partition coefficient (Wildman–Crippen LogP) is 2.33. The van der Waals surface area contributed by atoms with Crippen molar-refractivity contribution in [1.82, 2.24) is 5.32 Å². The SMILES string of the molecule is CNC(CSc1ccccc1OC)(C(=O)OC)C1CC1. The molecule has 1 saturated carbocycles. The molecule has 0 heterocycles. The molecule has 4 nitrogen and oxygen atoms in total. The molecule has 0 aromatic heterocycles. The van der Waals surface area contributed by atoms with E-state index in [1.165, 1.54) is 7.11 Å². The second-order valence-corrected chi connectivity index (χ2v) is 5.94. The molecule has 0 amide bonds. The number of hydrogen-bond acceptors (Lipinski definition) is 5. The first kappa shape index (κ1) is 15.2. The highest BCUT2D eigenvalue weighted by molar-refractivity contribution is 7.99. The lowest BCUT2D eigenvalue weighted by Gasteiger charge is -2.30. The highest BCUT2D eigenvalue weighted by Gasteiger charge is 2.50. The van der Waals surface area contributed by atoms with Crippen LogP contribution in [-0.4, -0.2) is 38.5 Å². The molecule has 5 heteroatoms. The molecule has 0 radical (unpaired) electrons. The Bertz CT molecular complexity index is 476. The van der Waals surface area contributed by atoms with Gasteiger partial charge in [-0.2, -0.15) is 0 Å². The maximum absolute atomic E-state index is 12.2. The van der Waals surface area contributed by atoms with E-state index in [0.717, 1.165) is 23.5 Å². The standard InChI is InChI=1S/C15H21NO3S/c1-16-15(11-8-9-11,14(17)19-3)10-20-13-7-5-4-6-12(13)18-2/h4-7,11,16H,8-10H2,1-3H3. The first-order valence-corrected chi connectivity index (χ1v) is 7.69. The third kappa shape index (κ3) is 2.94. The van der Waals surface area contributed by atoms with E-state index in [1.807, 2.05) is 31.3 Å². The van der Waals surface area contributed by atoms with Gasteiger partial charge in [-0.25, -0.2) is 0 Å². The van der Waals surface area contributed by atoms with Gasteiger partial charge in [-0.3, -0.25) is 4.79 Å². The van der Waals surface area contributed by atoms with Crippen LogP contribution in [0.25, 0.3) is 0 Å². The lowest BCUT2D eigenvalue weighted by molar-refractivity contribution is -0.148. The van der Waals surface area contributed by atoms with Crippen molar-refractivity contribution in [2.24, 2.45) is 5.92 Å². The van der Waals surface area contributed by atoms with Crippen molar-refractivity contribution in [1.29, 1.82) is 0 Å². The Morgan fingerprint density at radius 2 is 2.10 bits per heavy atom. The average molecular weight is 295 g/mol. The maximum Gasteiger partial charge on any atom is 0.327 e. The molecule has 1 aromatic rings. The van der Waals surface area contributed by atoms with E-state index in [1.54, 1.807) is 18.9 Å². The molecule has 20 heavy (non-hydrogen) atoms. The minimum atomic E-state index is -0.597. The minimum Gasteiger partial charge on any atom is -0.496 e. The highest BCUT2D eigenvalue weighted by atomic mass is 32.2. The molecule has 1 aliphatic rings. The van der Waals surface area contributed by atoms with Crippen molar-refractivity contribution in [3.8, 4) is 5.75 Å². The number of para-hydroxylation sites is 1. The molecule has 0 aliphatic heterocycles. The van der Waals surface area contributed by atoms with E-state index in [0.29, 0.717) is 11.7 Å². The van der Waals surface area contributed by atoms with Crippen molar-refractivity contribution in [3.63, 3.8) is 0 Å². The zero-order valence-corrected chi connectivity index (χ0v) is 13.0. The number of carbonyl (C=O) groups excluding carboxylic acids is 1. The van der Waals surface area contributed by atoms with Crippen LogP contribution in [0.2, 0.25) is 0 Å². The number of methoxy groups -OCH3 is 2. The van der Waals surface area contributed by atoms with E-state index in [9.17, 15) is 4.79 Å². The zero-order chi connectivity index (χ0) is 14.6. The van der Waals surface area contributed by atoms with E-state index >= 15 is 0 Å².